The molecule has 0 aliphatic carbocycles. The van der Waals surface area contributed by atoms with Crippen LogP contribution in [-0.4, -0.2) is 11.8 Å². The topological polar surface area (TPSA) is 58.2 Å². The van der Waals surface area contributed by atoms with E-state index in [1.54, 1.807) is 35.2 Å². The van der Waals surface area contributed by atoms with Crippen LogP contribution in [0.5, 0.6) is 0 Å². The minimum absolute atomic E-state index is 0.210. The van der Waals surface area contributed by atoms with Crippen LogP contribution >= 0.6 is 34.7 Å². The van der Waals surface area contributed by atoms with Crippen LogP contribution < -0.4 is 10.9 Å². The lowest BCUT2D eigenvalue weighted by Gasteiger charge is -2.08. The molecule has 0 bridgehead atoms. The smallest absolute Gasteiger partial charge is 0.269 e. The maximum absolute atomic E-state index is 12.2. The second kappa shape index (κ2) is 10.3. The van der Waals surface area contributed by atoms with Gasteiger partial charge in [-0.15, -0.1) is 23.1 Å². The number of nitrogens with one attached hydrogen (secondary N) is 2. The van der Waals surface area contributed by atoms with Crippen LogP contribution in [-0.2, 0) is 17.0 Å². The van der Waals surface area contributed by atoms with Gasteiger partial charge in [-0.3, -0.25) is 20.4 Å². The van der Waals surface area contributed by atoms with Gasteiger partial charge < -0.3 is 0 Å². The molecule has 0 spiro atoms. The molecule has 2 aromatic carbocycles. The molecule has 4 nitrogen and oxygen atoms in total. The van der Waals surface area contributed by atoms with Crippen molar-refractivity contribution in [3.8, 4) is 0 Å². The zero-order chi connectivity index (χ0) is 19.8. The third-order valence-electron chi connectivity index (χ3n) is 3.93. The first kappa shape index (κ1) is 20.5. The summed E-state index contributed by atoms with van der Waals surface area (Å²) in [5.41, 5.74) is 6.53. The van der Waals surface area contributed by atoms with Gasteiger partial charge in [-0.25, -0.2) is 0 Å². The van der Waals surface area contributed by atoms with Gasteiger partial charge in [0.15, 0.2) is 0 Å². The van der Waals surface area contributed by atoms with Crippen molar-refractivity contribution in [1.82, 2.24) is 10.9 Å². The Labute approximate surface area is 177 Å². The van der Waals surface area contributed by atoms with Gasteiger partial charge in [0.2, 0.25) is 5.91 Å². The summed E-state index contributed by atoms with van der Waals surface area (Å²) >= 11 is 9.20. The predicted molar refractivity (Wildman–Crippen MR) is 116 cm³/mol. The number of carbonyl (C=O) groups is 2. The van der Waals surface area contributed by atoms with Crippen molar-refractivity contribution in [2.75, 3.05) is 0 Å². The Balaban J connectivity index is 1.42. The Hall–Kier alpha value is -2.28. The molecule has 0 unspecified atom stereocenters. The molecule has 7 heteroatoms. The Morgan fingerprint density at radius 1 is 0.964 bits per heavy atom. The van der Waals surface area contributed by atoms with Gasteiger partial charge in [-0.05, 0) is 59.8 Å². The summed E-state index contributed by atoms with van der Waals surface area (Å²) in [6.07, 6.45) is 1.00. The number of thiophene rings is 1. The number of carbonyl (C=O) groups excluding carboxylic acids is 2. The molecule has 2 N–H and O–H groups in total. The Kier molecular flexibility index (Phi) is 7.54. The molecule has 0 atom stereocenters. The van der Waals surface area contributed by atoms with Crippen molar-refractivity contribution in [2.24, 2.45) is 0 Å². The van der Waals surface area contributed by atoms with Crippen LogP contribution in [0.2, 0.25) is 5.02 Å². The van der Waals surface area contributed by atoms with Crippen LogP contribution in [0.1, 0.15) is 27.2 Å². The molecule has 0 saturated heterocycles. The third kappa shape index (κ3) is 6.41. The lowest BCUT2D eigenvalue weighted by atomic mass is 10.1. The number of hydrazine groups is 1. The summed E-state index contributed by atoms with van der Waals surface area (Å²) in [4.78, 5) is 26.3. The zero-order valence-electron chi connectivity index (χ0n) is 15.0. The summed E-state index contributed by atoms with van der Waals surface area (Å²) in [5, 5.41) is 2.70. The quantitative estimate of drug-likeness (QED) is 0.405. The van der Waals surface area contributed by atoms with Crippen molar-refractivity contribution in [1.29, 1.82) is 0 Å². The number of hydrogen-bond acceptors (Lipinski definition) is 4. The molecule has 1 heterocycles. The number of hydrogen-bond donors (Lipinski definition) is 2. The summed E-state index contributed by atoms with van der Waals surface area (Å²) < 4.78 is 0. The second-order valence-corrected chi connectivity index (χ2v) is 8.54. The van der Waals surface area contributed by atoms with E-state index in [0.717, 1.165) is 26.1 Å². The van der Waals surface area contributed by atoms with Crippen molar-refractivity contribution in [2.45, 2.75) is 23.5 Å². The number of halogens is 1. The number of amides is 2. The molecule has 2 amide bonds. The monoisotopic (exact) mass is 430 g/mol. The van der Waals surface area contributed by atoms with Crippen LogP contribution in [0.4, 0.5) is 0 Å². The summed E-state index contributed by atoms with van der Waals surface area (Å²) in [6, 6.07) is 19.0. The Morgan fingerprint density at radius 2 is 1.71 bits per heavy atom. The molecule has 3 rings (SSSR count). The normalized spacial score (nSPS) is 10.5. The summed E-state index contributed by atoms with van der Waals surface area (Å²) in [6.45, 7) is 0. The average Bonchev–Trinajstić information content (AvgIpc) is 3.24. The van der Waals surface area contributed by atoms with Crippen LogP contribution in [0.3, 0.4) is 0 Å². The van der Waals surface area contributed by atoms with E-state index in [9.17, 15) is 9.59 Å². The van der Waals surface area contributed by atoms with Crippen molar-refractivity contribution < 1.29 is 9.59 Å². The lowest BCUT2D eigenvalue weighted by molar-refractivity contribution is -0.121. The Bertz CT molecular complexity index is 911. The van der Waals surface area contributed by atoms with Gasteiger partial charge in [0.25, 0.3) is 5.91 Å². The predicted octanol–water partition coefficient (Wildman–Crippen LogP) is 5.09. The van der Waals surface area contributed by atoms with E-state index in [1.807, 2.05) is 53.9 Å². The van der Waals surface area contributed by atoms with E-state index in [0.29, 0.717) is 18.4 Å². The van der Waals surface area contributed by atoms with Crippen molar-refractivity contribution in [3.05, 3.63) is 87.1 Å². The maximum atomic E-state index is 12.2. The van der Waals surface area contributed by atoms with Gasteiger partial charge in [0.1, 0.15) is 0 Å². The fourth-order valence-electron chi connectivity index (χ4n) is 2.40. The highest BCUT2D eigenvalue weighted by atomic mass is 35.5. The van der Waals surface area contributed by atoms with E-state index in [4.69, 9.17) is 11.6 Å². The summed E-state index contributed by atoms with van der Waals surface area (Å²) in [5.74, 6) is 0.252. The highest BCUT2D eigenvalue weighted by molar-refractivity contribution is 7.98. The van der Waals surface area contributed by atoms with Gasteiger partial charge in [0.05, 0.1) is 0 Å². The van der Waals surface area contributed by atoms with Crippen LogP contribution in [0, 0.1) is 0 Å². The lowest BCUT2D eigenvalue weighted by Crippen LogP contribution is -2.41. The van der Waals surface area contributed by atoms with Gasteiger partial charge >= 0.3 is 0 Å². The summed E-state index contributed by atoms with van der Waals surface area (Å²) in [7, 11) is 0. The molecule has 0 aliphatic heterocycles. The molecule has 0 radical (unpaired) electrons. The first-order chi connectivity index (χ1) is 13.6. The average molecular weight is 431 g/mol. The largest absolute Gasteiger partial charge is 0.273 e. The molecular formula is C21H19ClN2O2S2. The fraction of sp³-hybridized carbons (Fsp3) is 0.143. The van der Waals surface area contributed by atoms with Gasteiger partial charge in [0, 0.05) is 32.5 Å². The molecular weight excluding hydrogens is 412 g/mol. The van der Waals surface area contributed by atoms with E-state index >= 15 is 0 Å². The first-order valence-corrected chi connectivity index (χ1v) is 10.9. The van der Waals surface area contributed by atoms with Crippen LogP contribution in [0.25, 0.3) is 0 Å². The minimum atomic E-state index is -0.332. The van der Waals surface area contributed by atoms with Gasteiger partial charge in [-0.2, -0.15) is 0 Å². The molecule has 0 saturated carbocycles. The highest BCUT2D eigenvalue weighted by Crippen LogP contribution is 2.24. The Morgan fingerprint density at radius 3 is 2.39 bits per heavy atom. The van der Waals surface area contributed by atoms with Gasteiger partial charge in [-0.1, -0.05) is 29.8 Å². The minimum Gasteiger partial charge on any atom is -0.273 e. The molecule has 0 aliphatic rings. The van der Waals surface area contributed by atoms with E-state index in [2.05, 4.69) is 10.9 Å². The standard InChI is InChI=1S/C21H19ClN2O2S2/c22-17-7-9-19(10-8-17)28-14-15-3-5-16(6-4-15)21(26)24-23-20(25)12-11-18-2-1-13-27-18/h1-10,13H,11-12,14H2,(H,23,25)(H,24,26). The third-order valence-corrected chi connectivity index (χ3v) is 6.20. The van der Waals surface area contributed by atoms with E-state index in [1.165, 1.54) is 0 Å². The SMILES string of the molecule is O=C(CCc1cccs1)NNC(=O)c1ccc(CSc2ccc(Cl)cc2)cc1. The fourth-order valence-corrected chi connectivity index (χ4v) is 4.09. The van der Waals surface area contributed by atoms with E-state index < -0.39 is 0 Å². The van der Waals surface area contributed by atoms with E-state index in [-0.39, 0.29) is 11.8 Å². The molecule has 1 aromatic heterocycles. The molecule has 144 valence electrons. The zero-order valence-corrected chi connectivity index (χ0v) is 17.4. The van der Waals surface area contributed by atoms with Crippen molar-refractivity contribution in [3.63, 3.8) is 0 Å². The number of rotatable bonds is 7. The molecule has 0 fully saturated rings. The number of benzene rings is 2. The number of aryl methyl sites for hydroxylation is 1. The molecule has 3 aromatic rings. The second-order valence-electron chi connectivity index (χ2n) is 6.02. The molecule has 28 heavy (non-hydrogen) atoms. The van der Waals surface area contributed by atoms with Crippen molar-refractivity contribution >= 4 is 46.5 Å². The number of thioether (sulfide) groups is 1. The first-order valence-electron chi connectivity index (χ1n) is 8.69. The maximum Gasteiger partial charge on any atom is 0.269 e. The van der Waals surface area contributed by atoms with Crippen LogP contribution in [0.15, 0.2) is 70.9 Å². The highest BCUT2D eigenvalue weighted by Gasteiger charge is 2.08.